The molecule has 0 bridgehead atoms. The number of carbonyl (C=O) groups is 1. The Morgan fingerprint density at radius 2 is 1.81 bits per heavy atom. The average molecular weight is 408 g/mol. The molecule has 0 atom stereocenters. The molecule has 3 rings (SSSR count). The Kier molecular flexibility index (Phi) is 5.88. The minimum Gasteiger partial charge on any atom is -0.493 e. The summed E-state index contributed by atoms with van der Waals surface area (Å²) >= 11 is 11.9. The zero-order valence-electron chi connectivity index (χ0n) is 14.5. The average Bonchev–Trinajstić information content (AvgIpc) is 3.16. The molecule has 0 radical (unpaired) electrons. The van der Waals surface area contributed by atoms with E-state index in [-0.39, 0.29) is 17.2 Å². The smallest absolute Gasteiger partial charge is 0.340 e. The van der Waals surface area contributed by atoms with Crippen molar-refractivity contribution in [2.75, 3.05) is 14.2 Å². The second kappa shape index (κ2) is 8.33. The molecule has 27 heavy (non-hydrogen) atoms. The van der Waals surface area contributed by atoms with E-state index in [1.807, 2.05) is 6.07 Å². The number of aromatic nitrogens is 1. The van der Waals surface area contributed by atoms with E-state index in [1.165, 1.54) is 12.1 Å². The van der Waals surface area contributed by atoms with Gasteiger partial charge in [0.1, 0.15) is 12.3 Å². The molecule has 1 aromatic heterocycles. The Bertz CT molecular complexity index is 970. The van der Waals surface area contributed by atoms with Crippen LogP contribution in [0.2, 0.25) is 10.0 Å². The van der Waals surface area contributed by atoms with Crippen molar-refractivity contribution in [1.82, 2.24) is 5.16 Å². The normalized spacial score (nSPS) is 10.5. The van der Waals surface area contributed by atoms with Gasteiger partial charge in [-0.3, -0.25) is 0 Å². The summed E-state index contributed by atoms with van der Waals surface area (Å²) in [5.74, 6) is 1.07. The quantitative estimate of drug-likeness (QED) is 0.534. The van der Waals surface area contributed by atoms with Crippen LogP contribution >= 0.6 is 23.2 Å². The molecule has 0 aliphatic carbocycles. The molecular weight excluding hydrogens is 393 g/mol. The molecule has 0 spiro atoms. The summed E-state index contributed by atoms with van der Waals surface area (Å²) in [5.41, 5.74) is 1.38. The molecule has 0 amide bonds. The number of carbonyl (C=O) groups excluding carboxylic acids is 1. The van der Waals surface area contributed by atoms with Crippen molar-refractivity contribution in [3.05, 3.63) is 63.8 Å². The van der Waals surface area contributed by atoms with Crippen molar-refractivity contribution in [2.24, 2.45) is 0 Å². The van der Waals surface area contributed by atoms with Gasteiger partial charge in [0.05, 0.1) is 24.8 Å². The van der Waals surface area contributed by atoms with Gasteiger partial charge in [0.25, 0.3) is 0 Å². The number of hydrogen-bond acceptors (Lipinski definition) is 6. The lowest BCUT2D eigenvalue weighted by Gasteiger charge is -2.07. The fourth-order valence-corrected chi connectivity index (χ4v) is 2.74. The highest BCUT2D eigenvalue weighted by Gasteiger charge is 2.15. The van der Waals surface area contributed by atoms with Gasteiger partial charge in [-0.1, -0.05) is 28.4 Å². The lowest BCUT2D eigenvalue weighted by atomic mass is 10.1. The Morgan fingerprint density at radius 3 is 2.56 bits per heavy atom. The lowest BCUT2D eigenvalue weighted by Crippen LogP contribution is -2.06. The first-order chi connectivity index (χ1) is 13.0. The molecule has 0 fully saturated rings. The van der Waals surface area contributed by atoms with Crippen LogP contribution < -0.4 is 9.47 Å². The van der Waals surface area contributed by atoms with Gasteiger partial charge in [-0.05, 0) is 36.4 Å². The number of esters is 1. The van der Waals surface area contributed by atoms with Crippen LogP contribution in [0.3, 0.4) is 0 Å². The fraction of sp³-hybridized carbons (Fsp3) is 0.158. The van der Waals surface area contributed by atoms with Crippen LogP contribution in [-0.2, 0) is 11.3 Å². The molecule has 0 aliphatic rings. The molecule has 0 N–H and O–H groups in total. The highest BCUT2D eigenvalue weighted by atomic mass is 35.5. The van der Waals surface area contributed by atoms with Crippen LogP contribution in [-0.4, -0.2) is 25.3 Å². The maximum Gasteiger partial charge on any atom is 0.340 e. The molecule has 0 unspecified atom stereocenters. The lowest BCUT2D eigenvalue weighted by molar-refractivity contribution is 0.0464. The van der Waals surface area contributed by atoms with Crippen molar-refractivity contribution >= 4 is 29.2 Å². The second-order valence-corrected chi connectivity index (χ2v) is 6.30. The summed E-state index contributed by atoms with van der Waals surface area (Å²) in [6.07, 6.45) is 0. The van der Waals surface area contributed by atoms with Crippen molar-refractivity contribution in [2.45, 2.75) is 6.61 Å². The van der Waals surface area contributed by atoms with E-state index < -0.39 is 5.97 Å². The van der Waals surface area contributed by atoms with Gasteiger partial charge < -0.3 is 18.7 Å². The first kappa shape index (κ1) is 19.1. The summed E-state index contributed by atoms with van der Waals surface area (Å²) in [5, 5.41) is 4.56. The standard InChI is InChI=1S/C19H15Cl2NO5/c1-24-16-6-3-11(7-18(16)25-2)17-9-13(22-27-17)10-26-19(23)14-8-12(20)4-5-15(14)21/h3-9H,10H2,1-2H3. The molecule has 0 saturated carbocycles. The minimum absolute atomic E-state index is 0.0710. The van der Waals surface area contributed by atoms with Crippen molar-refractivity contribution in [3.8, 4) is 22.8 Å². The molecule has 1 heterocycles. The zero-order chi connectivity index (χ0) is 19.4. The molecule has 3 aromatic rings. The number of methoxy groups -OCH3 is 2. The minimum atomic E-state index is -0.599. The van der Waals surface area contributed by atoms with Crippen LogP contribution in [0.4, 0.5) is 0 Å². The largest absolute Gasteiger partial charge is 0.493 e. The third kappa shape index (κ3) is 4.35. The fourth-order valence-electron chi connectivity index (χ4n) is 2.38. The van der Waals surface area contributed by atoms with Crippen molar-refractivity contribution < 1.29 is 23.5 Å². The summed E-state index contributed by atoms with van der Waals surface area (Å²) in [6, 6.07) is 11.6. The number of halogens is 2. The van der Waals surface area contributed by atoms with Crippen LogP contribution in [0.15, 0.2) is 47.0 Å². The highest BCUT2D eigenvalue weighted by Crippen LogP contribution is 2.32. The first-order valence-electron chi connectivity index (χ1n) is 7.82. The number of benzene rings is 2. The van der Waals surface area contributed by atoms with Gasteiger partial charge in [0.15, 0.2) is 17.3 Å². The van der Waals surface area contributed by atoms with Crippen LogP contribution in [0.1, 0.15) is 16.1 Å². The first-order valence-corrected chi connectivity index (χ1v) is 8.57. The number of ether oxygens (including phenoxy) is 3. The predicted octanol–water partition coefficient (Wildman–Crippen LogP) is 5.02. The maximum absolute atomic E-state index is 12.2. The molecule has 0 aliphatic heterocycles. The van der Waals surface area contributed by atoms with Gasteiger partial charge in [-0.2, -0.15) is 0 Å². The Hall–Kier alpha value is -2.70. The highest BCUT2D eigenvalue weighted by molar-refractivity contribution is 6.35. The maximum atomic E-state index is 12.2. The number of nitrogens with zero attached hydrogens (tertiary/aromatic N) is 1. The van der Waals surface area contributed by atoms with E-state index in [0.717, 1.165) is 5.56 Å². The van der Waals surface area contributed by atoms with E-state index in [9.17, 15) is 4.79 Å². The molecule has 8 heteroatoms. The van der Waals surface area contributed by atoms with Gasteiger partial charge >= 0.3 is 5.97 Å². The van der Waals surface area contributed by atoms with Gasteiger partial charge in [0, 0.05) is 16.7 Å². The molecule has 140 valence electrons. The van der Waals surface area contributed by atoms with Crippen LogP contribution in [0, 0.1) is 0 Å². The van der Waals surface area contributed by atoms with Crippen molar-refractivity contribution in [3.63, 3.8) is 0 Å². The van der Waals surface area contributed by atoms with E-state index in [1.54, 1.807) is 38.5 Å². The van der Waals surface area contributed by atoms with E-state index in [2.05, 4.69) is 5.16 Å². The summed E-state index contributed by atoms with van der Waals surface area (Å²) in [6.45, 7) is -0.0710. The Labute approximate surface area is 165 Å². The third-order valence-electron chi connectivity index (χ3n) is 3.73. The van der Waals surface area contributed by atoms with E-state index in [0.29, 0.717) is 28.0 Å². The number of rotatable bonds is 6. The Morgan fingerprint density at radius 1 is 1.04 bits per heavy atom. The molecule has 6 nitrogen and oxygen atoms in total. The molecule has 2 aromatic carbocycles. The summed E-state index contributed by atoms with van der Waals surface area (Å²) < 4.78 is 21.0. The predicted molar refractivity (Wildman–Crippen MR) is 101 cm³/mol. The number of hydrogen-bond donors (Lipinski definition) is 0. The third-order valence-corrected chi connectivity index (χ3v) is 4.29. The van der Waals surface area contributed by atoms with Gasteiger partial charge in [-0.15, -0.1) is 0 Å². The monoisotopic (exact) mass is 407 g/mol. The van der Waals surface area contributed by atoms with Gasteiger partial charge in [-0.25, -0.2) is 4.79 Å². The molecular formula is C19H15Cl2NO5. The van der Waals surface area contributed by atoms with Crippen molar-refractivity contribution in [1.29, 1.82) is 0 Å². The summed E-state index contributed by atoms with van der Waals surface area (Å²) in [7, 11) is 3.11. The molecule has 0 saturated heterocycles. The van der Waals surface area contributed by atoms with Crippen LogP contribution in [0.5, 0.6) is 11.5 Å². The summed E-state index contributed by atoms with van der Waals surface area (Å²) in [4.78, 5) is 12.2. The Balaban J connectivity index is 1.71. The second-order valence-electron chi connectivity index (χ2n) is 5.45. The van der Waals surface area contributed by atoms with Gasteiger partial charge in [0.2, 0.25) is 0 Å². The van der Waals surface area contributed by atoms with E-state index in [4.69, 9.17) is 41.9 Å². The van der Waals surface area contributed by atoms with E-state index >= 15 is 0 Å². The SMILES string of the molecule is COc1ccc(-c2cc(COC(=O)c3cc(Cl)ccc3Cl)no2)cc1OC. The zero-order valence-corrected chi connectivity index (χ0v) is 16.0. The topological polar surface area (TPSA) is 70.8 Å². The van der Waals surface area contributed by atoms with Crippen LogP contribution in [0.25, 0.3) is 11.3 Å².